The monoisotopic (exact) mass is 956 g/mol. The van der Waals surface area contributed by atoms with Crippen molar-refractivity contribution in [1.29, 1.82) is 0 Å². The Morgan fingerprint density at radius 2 is 0.734 bits per heavy atom. The Hall–Kier alpha value is -6.52. The van der Waals surface area contributed by atoms with Crippen LogP contribution in [0.4, 0.5) is 34.1 Å². The van der Waals surface area contributed by atoms with Crippen LogP contribution >= 0.6 is 0 Å². The number of para-hydroxylation sites is 4. The first-order valence-electron chi connectivity index (χ1n) is 22.2. The van der Waals surface area contributed by atoms with Crippen LogP contribution in [0.25, 0.3) is 70.9 Å². The number of rotatable bonds is 4. The molecule has 0 atom stereocenters. The molecule has 2 aliphatic heterocycles. The van der Waals surface area contributed by atoms with Gasteiger partial charge in [-0.05, 0) is 0 Å². The summed E-state index contributed by atoms with van der Waals surface area (Å²) in [6.45, 7) is 9.37. The van der Waals surface area contributed by atoms with Gasteiger partial charge in [-0.2, -0.15) is 0 Å². The molecule has 6 heteroatoms. The van der Waals surface area contributed by atoms with Crippen molar-refractivity contribution in [3.8, 4) is 23.0 Å². The van der Waals surface area contributed by atoms with E-state index in [2.05, 4.69) is 195 Å². The molecule has 10 aromatic carbocycles. The minimum atomic E-state index is 0.209. The van der Waals surface area contributed by atoms with Crippen molar-refractivity contribution >= 4 is 134 Å². The van der Waals surface area contributed by atoms with Crippen molar-refractivity contribution in [2.75, 3.05) is 9.80 Å². The Morgan fingerprint density at radius 3 is 1.19 bits per heavy atom. The molecule has 0 saturated heterocycles. The van der Waals surface area contributed by atoms with Gasteiger partial charge in [0.15, 0.2) is 0 Å². The molecular weight excluding hydrogens is 915 g/mol. The van der Waals surface area contributed by atoms with Gasteiger partial charge in [0.05, 0.1) is 0 Å². The predicted molar refractivity (Wildman–Crippen MR) is 272 cm³/mol. The van der Waals surface area contributed by atoms with E-state index >= 15 is 0 Å². The Morgan fingerprint density at radius 1 is 0.328 bits per heavy atom. The van der Waals surface area contributed by atoms with Crippen LogP contribution in [0.1, 0.15) is 50.7 Å². The van der Waals surface area contributed by atoms with E-state index < -0.39 is 0 Å². The Kier molecular flexibility index (Phi) is 7.79. The van der Waals surface area contributed by atoms with Crippen molar-refractivity contribution in [2.24, 2.45) is 0 Å². The molecule has 0 unspecified atom stereocenters. The van der Waals surface area contributed by atoms with Crippen LogP contribution < -0.4 is 19.3 Å². The van der Waals surface area contributed by atoms with Crippen LogP contribution in [0.3, 0.4) is 0 Å². The SMILES string of the molecule is CC(C)c1cc(N2c3ccccc3Oc3cc4c(cc32)[se]c2ccccc24)c2ccc3c(C(C)C)cc(N4c5ccccc5Oc5cc6c(cc54)[se]c4ccccc46)c4ccc1c2c34. The molecule has 0 aliphatic carbocycles. The number of anilines is 6. The zero-order chi connectivity index (χ0) is 42.5. The molecule has 64 heavy (non-hydrogen) atoms. The van der Waals surface area contributed by atoms with Gasteiger partial charge < -0.3 is 0 Å². The van der Waals surface area contributed by atoms with Gasteiger partial charge in [-0.15, -0.1) is 0 Å². The first kappa shape index (κ1) is 36.9. The fraction of sp³-hybridized carbons (Fsp3) is 0.103. The second-order valence-corrected chi connectivity index (χ2v) is 22.5. The number of ether oxygens (including phenoxy) is 2. The molecule has 4 nitrogen and oxygen atoms in total. The maximum absolute atomic E-state index is 6.85. The van der Waals surface area contributed by atoms with Crippen molar-refractivity contribution in [2.45, 2.75) is 39.5 Å². The number of fused-ring (bicyclic) bond motifs is 10. The second-order valence-electron chi connectivity index (χ2n) is 18.0. The average molecular weight is 955 g/mol. The van der Waals surface area contributed by atoms with E-state index in [0.717, 1.165) is 45.7 Å². The minimum absolute atomic E-state index is 0.209. The van der Waals surface area contributed by atoms with E-state index in [9.17, 15) is 0 Å². The first-order valence-corrected chi connectivity index (χ1v) is 25.6. The standard InChI is InChI=1S/C58H40N2O2Se2/c1-31(2)39-25-45(59-43-15-7-9-17-49(43)61-51-27-41-33-13-5-11-19-53(33)63-55(41)29-47(51)59)37-24-22-36-40(32(3)4)26-46(38-23-21-35(39)57(37)58(36)38)60-44-16-8-10-18-50(44)62-52-28-42-34-14-6-12-20-54(34)64-56(42)30-48(52)60/h5-32H,1-4H3. The molecule has 12 aromatic rings. The summed E-state index contributed by atoms with van der Waals surface area (Å²) in [5.74, 6) is 4.10. The summed E-state index contributed by atoms with van der Waals surface area (Å²) in [5, 5.41) is 13.0. The van der Waals surface area contributed by atoms with Crippen LogP contribution in [0.5, 0.6) is 23.0 Å². The van der Waals surface area contributed by atoms with Crippen LogP contribution in [-0.4, -0.2) is 29.0 Å². The molecule has 4 heterocycles. The zero-order valence-electron chi connectivity index (χ0n) is 35.7. The van der Waals surface area contributed by atoms with Gasteiger partial charge >= 0.3 is 385 Å². The molecule has 0 spiro atoms. The van der Waals surface area contributed by atoms with Gasteiger partial charge in [0, 0.05) is 0 Å². The molecule has 2 aliphatic rings. The van der Waals surface area contributed by atoms with E-state index in [1.807, 2.05) is 0 Å². The number of benzene rings is 10. The average Bonchev–Trinajstić information content (AvgIpc) is 3.87. The molecule has 306 valence electrons. The Bertz CT molecular complexity index is 3690. The van der Waals surface area contributed by atoms with Gasteiger partial charge in [0.2, 0.25) is 0 Å². The van der Waals surface area contributed by atoms with Gasteiger partial charge in [0.25, 0.3) is 0 Å². The number of nitrogens with zero attached hydrogens (tertiary/aromatic N) is 2. The molecule has 0 N–H and O–H groups in total. The molecule has 0 amide bonds. The van der Waals surface area contributed by atoms with Crippen LogP contribution in [-0.2, 0) is 0 Å². The molecule has 0 fully saturated rings. The summed E-state index contributed by atoms with van der Waals surface area (Å²) >= 11 is 0.418. The van der Waals surface area contributed by atoms with Gasteiger partial charge in [-0.3, -0.25) is 0 Å². The summed E-state index contributed by atoms with van der Waals surface area (Å²) in [5.41, 5.74) is 9.36. The summed E-state index contributed by atoms with van der Waals surface area (Å²) in [6.07, 6.45) is 0. The molecule has 0 saturated carbocycles. The molecule has 14 rings (SSSR count). The molecular formula is C58H40N2O2Se2. The van der Waals surface area contributed by atoms with E-state index in [1.54, 1.807) is 0 Å². The van der Waals surface area contributed by atoms with Crippen LogP contribution in [0.15, 0.2) is 158 Å². The first-order chi connectivity index (χ1) is 31.4. The van der Waals surface area contributed by atoms with Crippen LogP contribution in [0, 0.1) is 0 Å². The molecule has 0 radical (unpaired) electrons. The Labute approximate surface area is 382 Å². The summed E-state index contributed by atoms with van der Waals surface area (Å²) < 4.78 is 19.4. The quantitative estimate of drug-likeness (QED) is 0.130. The summed E-state index contributed by atoms with van der Waals surface area (Å²) in [6, 6.07) is 58.9. The summed E-state index contributed by atoms with van der Waals surface area (Å²) in [7, 11) is 0. The second kappa shape index (κ2) is 13.5. The van der Waals surface area contributed by atoms with Crippen molar-refractivity contribution < 1.29 is 9.47 Å². The molecule has 2 aromatic heterocycles. The number of hydrogen-bond donors (Lipinski definition) is 0. The van der Waals surface area contributed by atoms with E-state index in [-0.39, 0.29) is 40.8 Å². The van der Waals surface area contributed by atoms with Crippen molar-refractivity contribution in [3.05, 3.63) is 169 Å². The van der Waals surface area contributed by atoms with E-state index in [0.29, 0.717) is 0 Å². The fourth-order valence-electron chi connectivity index (χ4n) is 10.8. The Balaban J connectivity index is 1.08. The van der Waals surface area contributed by atoms with Gasteiger partial charge in [-0.25, -0.2) is 0 Å². The third kappa shape index (κ3) is 5.11. The van der Waals surface area contributed by atoms with Crippen molar-refractivity contribution in [1.82, 2.24) is 0 Å². The zero-order valence-corrected chi connectivity index (χ0v) is 39.1. The van der Waals surface area contributed by atoms with E-state index in [4.69, 9.17) is 9.47 Å². The summed E-state index contributed by atoms with van der Waals surface area (Å²) in [4.78, 5) is 5.01. The normalized spacial score (nSPS) is 13.5. The van der Waals surface area contributed by atoms with Crippen LogP contribution in [0.2, 0.25) is 0 Å². The fourth-order valence-corrected chi connectivity index (χ4v) is 15.5. The number of hydrogen-bond acceptors (Lipinski definition) is 4. The maximum atomic E-state index is 6.85. The van der Waals surface area contributed by atoms with E-state index in [1.165, 1.54) is 93.4 Å². The molecule has 0 bridgehead atoms. The van der Waals surface area contributed by atoms with Gasteiger partial charge in [0.1, 0.15) is 0 Å². The predicted octanol–water partition coefficient (Wildman–Crippen LogP) is 16.7. The third-order valence-corrected chi connectivity index (χ3v) is 18.5. The van der Waals surface area contributed by atoms with Gasteiger partial charge in [-0.1, -0.05) is 0 Å². The topological polar surface area (TPSA) is 24.9 Å². The van der Waals surface area contributed by atoms with Crippen molar-refractivity contribution in [3.63, 3.8) is 0 Å². The third-order valence-electron chi connectivity index (χ3n) is 13.7.